The van der Waals surface area contributed by atoms with Crippen molar-refractivity contribution in [3.8, 4) is 23.0 Å². The molecular formula is C23H26O8. The summed E-state index contributed by atoms with van der Waals surface area (Å²) in [6.45, 7) is 0. The Morgan fingerprint density at radius 2 is 1.58 bits per heavy atom. The van der Waals surface area contributed by atoms with Gasteiger partial charge in [0.25, 0.3) is 0 Å². The fourth-order valence-electron chi connectivity index (χ4n) is 3.71. The predicted octanol–water partition coefficient (Wildman–Crippen LogP) is 3.21. The van der Waals surface area contributed by atoms with Crippen LogP contribution in [0.1, 0.15) is 35.1 Å². The molecule has 2 atom stereocenters. The molecule has 0 saturated heterocycles. The van der Waals surface area contributed by atoms with Crippen molar-refractivity contribution in [2.24, 2.45) is 0 Å². The van der Waals surface area contributed by atoms with Crippen molar-refractivity contribution < 1.29 is 38.0 Å². The van der Waals surface area contributed by atoms with Crippen molar-refractivity contribution in [3.05, 3.63) is 47.0 Å². The summed E-state index contributed by atoms with van der Waals surface area (Å²) in [5, 5.41) is 0. The minimum atomic E-state index is -0.718. The van der Waals surface area contributed by atoms with Crippen LogP contribution in [0.25, 0.3) is 0 Å². The number of carbonyl (C=O) groups excluding carboxylic acids is 2. The maximum atomic E-state index is 12.8. The highest BCUT2D eigenvalue weighted by atomic mass is 16.5. The summed E-state index contributed by atoms with van der Waals surface area (Å²) in [6, 6.07) is 9.00. The molecule has 2 aromatic carbocycles. The van der Waals surface area contributed by atoms with Gasteiger partial charge in [-0.05, 0) is 35.7 Å². The number of rotatable bonds is 8. The molecule has 0 amide bonds. The minimum Gasteiger partial charge on any atom is -0.493 e. The first-order chi connectivity index (χ1) is 15.0. The first-order valence-corrected chi connectivity index (χ1v) is 9.71. The third-order valence-electron chi connectivity index (χ3n) is 5.28. The van der Waals surface area contributed by atoms with Crippen LogP contribution in [0.3, 0.4) is 0 Å². The zero-order valence-corrected chi connectivity index (χ0v) is 18.2. The second kappa shape index (κ2) is 9.59. The van der Waals surface area contributed by atoms with Crippen LogP contribution in [0.4, 0.5) is 0 Å². The van der Waals surface area contributed by atoms with E-state index in [1.54, 1.807) is 32.4 Å². The summed E-state index contributed by atoms with van der Waals surface area (Å²) in [5.74, 6) is 0.570. The van der Waals surface area contributed by atoms with E-state index < -0.39 is 18.0 Å². The van der Waals surface area contributed by atoms with E-state index in [1.165, 1.54) is 21.3 Å². The van der Waals surface area contributed by atoms with Crippen molar-refractivity contribution in [1.29, 1.82) is 0 Å². The van der Waals surface area contributed by atoms with Crippen LogP contribution in [0, 0.1) is 0 Å². The number of methoxy groups -OCH3 is 5. The molecule has 31 heavy (non-hydrogen) atoms. The van der Waals surface area contributed by atoms with E-state index in [0.717, 1.165) is 11.1 Å². The van der Waals surface area contributed by atoms with Crippen LogP contribution in [0.15, 0.2) is 30.3 Å². The molecule has 1 aliphatic rings. The van der Waals surface area contributed by atoms with Gasteiger partial charge in [0.15, 0.2) is 23.0 Å². The van der Waals surface area contributed by atoms with E-state index in [-0.39, 0.29) is 12.4 Å². The Hall–Kier alpha value is -3.42. The van der Waals surface area contributed by atoms with Crippen molar-refractivity contribution in [1.82, 2.24) is 0 Å². The van der Waals surface area contributed by atoms with Crippen molar-refractivity contribution in [3.63, 3.8) is 0 Å². The van der Waals surface area contributed by atoms with E-state index in [0.29, 0.717) is 35.0 Å². The second-order valence-electron chi connectivity index (χ2n) is 6.95. The van der Waals surface area contributed by atoms with Gasteiger partial charge in [-0.2, -0.15) is 0 Å². The number of ether oxygens (including phenoxy) is 6. The number of fused-ring (bicyclic) bond motifs is 1. The quantitative estimate of drug-likeness (QED) is 0.590. The fourth-order valence-corrected chi connectivity index (χ4v) is 3.71. The molecule has 0 fully saturated rings. The lowest BCUT2D eigenvalue weighted by Gasteiger charge is -2.19. The van der Waals surface area contributed by atoms with E-state index in [2.05, 4.69) is 0 Å². The molecule has 0 aliphatic carbocycles. The SMILES string of the molecule is COC(=O)CCc1cc(OC)c2c(c1)[C@H](C(=O)OC)[C@H](c1ccc(OC)c(OC)c1)O2. The third kappa shape index (κ3) is 4.38. The maximum absolute atomic E-state index is 12.8. The average molecular weight is 430 g/mol. The smallest absolute Gasteiger partial charge is 0.317 e. The molecule has 1 heterocycles. The highest BCUT2D eigenvalue weighted by molar-refractivity contribution is 5.82. The molecule has 3 rings (SSSR count). The topological polar surface area (TPSA) is 89.5 Å². The fraction of sp³-hybridized carbons (Fsp3) is 0.391. The van der Waals surface area contributed by atoms with E-state index >= 15 is 0 Å². The molecule has 1 aliphatic heterocycles. The molecule has 0 aromatic heterocycles. The Morgan fingerprint density at radius 1 is 0.871 bits per heavy atom. The number of carbonyl (C=O) groups is 2. The third-order valence-corrected chi connectivity index (χ3v) is 5.28. The van der Waals surface area contributed by atoms with E-state index in [9.17, 15) is 9.59 Å². The molecule has 2 aromatic rings. The first kappa shape index (κ1) is 22.3. The van der Waals surface area contributed by atoms with E-state index in [1.807, 2.05) is 12.1 Å². The minimum absolute atomic E-state index is 0.210. The molecule has 8 heteroatoms. The lowest BCUT2D eigenvalue weighted by atomic mass is 9.89. The first-order valence-electron chi connectivity index (χ1n) is 9.71. The normalized spacial score (nSPS) is 16.7. The van der Waals surface area contributed by atoms with Gasteiger partial charge in [-0.1, -0.05) is 12.1 Å². The molecule has 0 radical (unpaired) electrons. The Labute approximate surface area is 181 Å². The Bertz CT molecular complexity index is 968. The molecular weight excluding hydrogens is 404 g/mol. The Morgan fingerprint density at radius 3 is 2.19 bits per heavy atom. The van der Waals surface area contributed by atoms with Gasteiger partial charge in [-0.25, -0.2) is 0 Å². The Kier molecular flexibility index (Phi) is 6.89. The molecule has 0 N–H and O–H groups in total. The van der Waals surface area contributed by atoms with Gasteiger partial charge in [-0.3, -0.25) is 9.59 Å². The van der Waals surface area contributed by atoms with Crippen LogP contribution in [-0.4, -0.2) is 47.5 Å². The van der Waals surface area contributed by atoms with Gasteiger partial charge in [0.1, 0.15) is 12.0 Å². The molecule has 0 spiro atoms. The second-order valence-corrected chi connectivity index (χ2v) is 6.95. The summed E-state index contributed by atoms with van der Waals surface area (Å²) >= 11 is 0. The van der Waals surface area contributed by atoms with Crippen molar-refractivity contribution in [2.45, 2.75) is 24.9 Å². The van der Waals surface area contributed by atoms with Crippen LogP contribution in [0.2, 0.25) is 0 Å². The lowest BCUT2D eigenvalue weighted by Crippen LogP contribution is -2.20. The zero-order chi connectivity index (χ0) is 22.5. The van der Waals surface area contributed by atoms with Gasteiger partial charge in [0.2, 0.25) is 0 Å². The standard InChI is InChI=1S/C23H26O8/c1-26-16-8-7-14(12-17(16)27-2)21-20(23(25)30-5)15-10-13(6-9-19(24)29-4)11-18(28-3)22(15)31-21/h7-8,10-12,20-21H,6,9H2,1-5H3/t20-,21-/m0/s1. The van der Waals surface area contributed by atoms with Crippen LogP contribution >= 0.6 is 0 Å². The van der Waals surface area contributed by atoms with Crippen molar-refractivity contribution in [2.75, 3.05) is 35.5 Å². The van der Waals surface area contributed by atoms with Gasteiger partial charge in [0.05, 0.1) is 35.5 Å². The van der Waals surface area contributed by atoms with Gasteiger partial charge >= 0.3 is 11.9 Å². The summed E-state index contributed by atoms with van der Waals surface area (Å²) in [7, 11) is 7.31. The van der Waals surface area contributed by atoms with Crippen LogP contribution < -0.4 is 18.9 Å². The van der Waals surface area contributed by atoms with Gasteiger partial charge in [-0.15, -0.1) is 0 Å². The number of aryl methyl sites for hydroxylation is 1. The highest BCUT2D eigenvalue weighted by Gasteiger charge is 2.43. The average Bonchev–Trinajstić information content (AvgIpc) is 3.20. The molecule has 0 bridgehead atoms. The summed E-state index contributed by atoms with van der Waals surface area (Å²) in [5.41, 5.74) is 2.19. The predicted molar refractivity (Wildman–Crippen MR) is 111 cm³/mol. The molecule has 8 nitrogen and oxygen atoms in total. The highest BCUT2D eigenvalue weighted by Crippen LogP contribution is 2.52. The number of esters is 2. The van der Waals surface area contributed by atoms with Crippen molar-refractivity contribution >= 4 is 11.9 Å². The number of benzene rings is 2. The van der Waals surface area contributed by atoms with E-state index in [4.69, 9.17) is 28.4 Å². The summed E-state index contributed by atoms with van der Waals surface area (Å²) in [6.07, 6.45) is -0.000919. The summed E-state index contributed by atoms with van der Waals surface area (Å²) < 4.78 is 32.2. The monoisotopic (exact) mass is 430 g/mol. The number of hydrogen-bond donors (Lipinski definition) is 0. The number of hydrogen-bond acceptors (Lipinski definition) is 8. The lowest BCUT2D eigenvalue weighted by molar-refractivity contribution is -0.144. The maximum Gasteiger partial charge on any atom is 0.317 e. The molecule has 166 valence electrons. The molecule has 0 saturated carbocycles. The van der Waals surface area contributed by atoms with Gasteiger partial charge in [0, 0.05) is 12.0 Å². The zero-order valence-electron chi connectivity index (χ0n) is 18.2. The van der Waals surface area contributed by atoms with Crippen LogP contribution in [0.5, 0.6) is 23.0 Å². The largest absolute Gasteiger partial charge is 0.493 e. The molecule has 0 unspecified atom stereocenters. The van der Waals surface area contributed by atoms with Crippen LogP contribution in [-0.2, 0) is 25.5 Å². The summed E-state index contributed by atoms with van der Waals surface area (Å²) in [4.78, 5) is 24.4. The van der Waals surface area contributed by atoms with Gasteiger partial charge < -0.3 is 28.4 Å². The Balaban J connectivity index is 2.05.